The first kappa shape index (κ1) is 23.6. The summed E-state index contributed by atoms with van der Waals surface area (Å²) in [6.07, 6.45) is 2.52. The fourth-order valence-electron chi connectivity index (χ4n) is 2.76. The molecule has 0 spiro atoms. The van der Waals surface area contributed by atoms with Gasteiger partial charge in [0.2, 0.25) is 5.89 Å². The number of hydrogen-bond donors (Lipinski definition) is 1. The monoisotopic (exact) mass is 383 g/mol. The summed E-state index contributed by atoms with van der Waals surface area (Å²) in [7, 11) is 0. The lowest BCUT2D eigenvalue weighted by Gasteiger charge is -2.31. The van der Waals surface area contributed by atoms with Crippen molar-refractivity contribution in [3.63, 3.8) is 0 Å². The summed E-state index contributed by atoms with van der Waals surface area (Å²) in [6, 6.07) is 0. The zero-order valence-electron chi connectivity index (χ0n) is 14.6. The molecule has 1 aliphatic rings. The molecular weight excluding hydrogens is 353 g/mol. The fraction of sp³-hybridized carbons (Fsp3) is 0.867. The minimum atomic E-state index is 0. The molecule has 0 amide bonds. The number of likely N-dealkylation sites (N-methyl/N-ethyl adjacent to an activating group) is 1. The smallest absolute Gasteiger partial charge is 0.240 e. The van der Waals surface area contributed by atoms with Gasteiger partial charge in [0.25, 0.3) is 0 Å². The lowest BCUT2D eigenvalue weighted by molar-refractivity contribution is -0.00273. The molecule has 2 rings (SSSR count). The topological polar surface area (TPSA) is 80.7 Å². The number of halogens is 2. The third-order valence-corrected chi connectivity index (χ3v) is 4.24. The first-order valence-electron chi connectivity index (χ1n) is 8.33. The molecule has 142 valence electrons. The molecule has 1 aromatic rings. The van der Waals surface area contributed by atoms with Crippen molar-refractivity contribution < 1.29 is 9.26 Å². The summed E-state index contributed by atoms with van der Waals surface area (Å²) < 4.78 is 11.0. The molecule has 0 aromatic carbocycles. The van der Waals surface area contributed by atoms with Gasteiger partial charge >= 0.3 is 0 Å². The molecule has 0 bridgehead atoms. The highest BCUT2D eigenvalue weighted by Crippen LogP contribution is 2.15. The first-order valence-corrected chi connectivity index (χ1v) is 8.33. The maximum atomic E-state index is 6.00. The van der Waals surface area contributed by atoms with Crippen LogP contribution in [0.4, 0.5) is 0 Å². The lowest BCUT2D eigenvalue weighted by Crippen LogP contribution is -2.38. The van der Waals surface area contributed by atoms with Crippen LogP contribution in [0.15, 0.2) is 4.52 Å². The Morgan fingerprint density at radius 2 is 1.92 bits per heavy atom. The highest BCUT2D eigenvalue weighted by Gasteiger charge is 2.21. The predicted molar refractivity (Wildman–Crippen MR) is 98.7 cm³/mol. The Morgan fingerprint density at radius 1 is 1.25 bits per heavy atom. The van der Waals surface area contributed by atoms with Crippen molar-refractivity contribution in [2.24, 2.45) is 5.73 Å². The van der Waals surface area contributed by atoms with Gasteiger partial charge in [-0.05, 0) is 25.9 Å². The summed E-state index contributed by atoms with van der Waals surface area (Å²) in [6.45, 7) is 11.5. The maximum Gasteiger partial charge on any atom is 0.240 e. The number of likely N-dealkylation sites (tertiary alicyclic amines) is 1. The molecule has 1 saturated heterocycles. The molecule has 9 heteroatoms. The number of aromatic nitrogens is 2. The van der Waals surface area contributed by atoms with Gasteiger partial charge in [-0.2, -0.15) is 4.98 Å². The van der Waals surface area contributed by atoms with E-state index in [1.807, 2.05) is 0 Å². The van der Waals surface area contributed by atoms with E-state index in [4.69, 9.17) is 15.0 Å². The Balaban J connectivity index is 0.00000264. The van der Waals surface area contributed by atoms with Gasteiger partial charge in [-0.15, -0.1) is 24.8 Å². The third kappa shape index (κ3) is 7.63. The number of hydrogen-bond acceptors (Lipinski definition) is 7. The van der Waals surface area contributed by atoms with E-state index >= 15 is 0 Å². The van der Waals surface area contributed by atoms with Gasteiger partial charge in [0, 0.05) is 19.6 Å². The minimum absolute atomic E-state index is 0. The molecule has 24 heavy (non-hydrogen) atoms. The zero-order chi connectivity index (χ0) is 15.8. The molecule has 0 aliphatic carbocycles. The maximum absolute atomic E-state index is 6.00. The van der Waals surface area contributed by atoms with Gasteiger partial charge < -0.3 is 19.9 Å². The second kappa shape index (κ2) is 12.9. The summed E-state index contributed by atoms with van der Waals surface area (Å²) in [5, 5.41) is 3.94. The SMILES string of the molecule is CCN(CC)CCOC1CCN(Cc2noc(CN)n2)CC1.Cl.Cl. The van der Waals surface area contributed by atoms with Gasteiger partial charge in [-0.1, -0.05) is 19.0 Å². The fourth-order valence-corrected chi connectivity index (χ4v) is 2.76. The second-order valence-corrected chi connectivity index (χ2v) is 5.68. The Hall–Kier alpha value is -0.440. The quantitative estimate of drug-likeness (QED) is 0.694. The van der Waals surface area contributed by atoms with Crippen molar-refractivity contribution in [1.29, 1.82) is 0 Å². The van der Waals surface area contributed by atoms with E-state index in [9.17, 15) is 0 Å². The Labute approximate surface area is 157 Å². The van der Waals surface area contributed by atoms with E-state index in [1.54, 1.807) is 0 Å². The zero-order valence-corrected chi connectivity index (χ0v) is 16.3. The number of piperidine rings is 1. The highest BCUT2D eigenvalue weighted by atomic mass is 35.5. The summed E-state index contributed by atoms with van der Waals surface area (Å²) in [5.41, 5.74) is 5.47. The molecule has 0 radical (unpaired) electrons. The summed E-state index contributed by atoms with van der Waals surface area (Å²) in [5.74, 6) is 1.23. The van der Waals surface area contributed by atoms with Crippen LogP contribution in [0.1, 0.15) is 38.4 Å². The first-order chi connectivity index (χ1) is 10.7. The van der Waals surface area contributed by atoms with Crippen molar-refractivity contribution >= 4 is 24.8 Å². The molecule has 2 N–H and O–H groups in total. The predicted octanol–water partition coefficient (Wildman–Crippen LogP) is 1.69. The van der Waals surface area contributed by atoms with Crippen molar-refractivity contribution in [1.82, 2.24) is 19.9 Å². The molecule has 0 atom stereocenters. The van der Waals surface area contributed by atoms with Crippen LogP contribution in [0.2, 0.25) is 0 Å². The molecular formula is C15H31Cl2N5O2. The Morgan fingerprint density at radius 3 is 2.46 bits per heavy atom. The highest BCUT2D eigenvalue weighted by molar-refractivity contribution is 5.85. The van der Waals surface area contributed by atoms with Crippen molar-refractivity contribution in [2.45, 2.75) is 45.9 Å². The second-order valence-electron chi connectivity index (χ2n) is 5.68. The van der Waals surface area contributed by atoms with E-state index < -0.39 is 0 Å². The van der Waals surface area contributed by atoms with E-state index in [0.717, 1.165) is 64.5 Å². The van der Waals surface area contributed by atoms with Gasteiger partial charge in [-0.3, -0.25) is 4.90 Å². The van der Waals surface area contributed by atoms with Crippen molar-refractivity contribution in [3.05, 3.63) is 11.7 Å². The molecule has 2 heterocycles. The third-order valence-electron chi connectivity index (χ3n) is 4.24. The lowest BCUT2D eigenvalue weighted by atomic mass is 10.1. The number of nitrogens with zero attached hydrogens (tertiary/aromatic N) is 4. The number of nitrogens with two attached hydrogens (primary N) is 1. The molecule has 0 saturated carbocycles. The van der Waals surface area contributed by atoms with Crippen LogP contribution in [0.5, 0.6) is 0 Å². The molecule has 0 unspecified atom stereocenters. The summed E-state index contributed by atoms with van der Waals surface area (Å²) >= 11 is 0. The Bertz CT molecular complexity index is 424. The van der Waals surface area contributed by atoms with Gasteiger partial charge in [0.15, 0.2) is 5.82 Å². The summed E-state index contributed by atoms with van der Waals surface area (Å²) in [4.78, 5) is 8.98. The standard InChI is InChI=1S/C15H29N5O2.2ClH/c1-3-19(4-2)9-10-21-13-5-7-20(8-6-13)12-14-17-15(11-16)22-18-14;;/h13H,3-12,16H2,1-2H3;2*1H. The van der Waals surface area contributed by atoms with Crippen LogP contribution in [-0.2, 0) is 17.8 Å². The van der Waals surface area contributed by atoms with Crippen LogP contribution in [0.3, 0.4) is 0 Å². The van der Waals surface area contributed by atoms with Gasteiger partial charge in [0.05, 0.1) is 25.8 Å². The van der Waals surface area contributed by atoms with Gasteiger partial charge in [-0.25, -0.2) is 0 Å². The van der Waals surface area contributed by atoms with Crippen LogP contribution in [0.25, 0.3) is 0 Å². The normalized spacial score (nSPS) is 16.0. The number of ether oxygens (including phenoxy) is 1. The molecule has 1 aromatic heterocycles. The molecule has 1 fully saturated rings. The van der Waals surface area contributed by atoms with E-state index in [2.05, 4.69) is 33.8 Å². The minimum Gasteiger partial charge on any atom is -0.377 e. The van der Waals surface area contributed by atoms with Crippen molar-refractivity contribution in [3.8, 4) is 0 Å². The molecule has 1 aliphatic heterocycles. The van der Waals surface area contributed by atoms with Crippen LogP contribution in [0, 0.1) is 0 Å². The van der Waals surface area contributed by atoms with Gasteiger partial charge in [0.1, 0.15) is 0 Å². The molecule has 7 nitrogen and oxygen atoms in total. The largest absolute Gasteiger partial charge is 0.377 e. The average Bonchev–Trinajstić information content (AvgIpc) is 3.01. The Kier molecular flexibility index (Phi) is 12.6. The average molecular weight is 384 g/mol. The van der Waals surface area contributed by atoms with Crippen LogP contribution >= 0.6 is 24.8 Å². The van der Waals surface area contributed by atoms with E-state index in [-0.39, 0.29) is 24.8 Å². The van der Waals surface area contributed by atoms with Crippen LogP contribution < -0.4 is 5.73 Å². The van der Waals surface area contributed by atoms with E-state index in [1.165, 1.54) is 0 Å². The van der Waals surface area contributed by atoms with E-state index in [0.29, 0.717) is 18.5 Å². The van der Waals surface area contributed by atoms with Crippen LogP contribution in [-0.4, -0.2) is 65.4 Å². The van der Waals surface area contributed by atoms with Crippen molar-refractivity contribution in [2.75, 3.05) is 39.3 Å². The number of rotatable bonds is 9.